The van der Waals surface area contributed by atoms with Crippen LogP contribution in [0, 0.1) is 6.92 Å². The zero-order chi connectivity index (χ0) is 19.6. The first-order valence-electron chi connectivity index (χ1n) is 9.96. The molecule has 7 heteroatoms. The van der Waals surface area contributed by atoms with Crippen molar-refractivity contribution in [3.63, 3.8) is 0 Å². The number of piperazine rings is 1. The van der Waals surface area contributed by atoms with E-state index >= 15 is 0 Å². The Hall–Kier alpha value is -1.15. The Morgan fingerprint density at radius 2 is 1.67 bits per heavy atom. The molecule has 1 aromatic rings. The maximum Gasteiger partial charge on any atom is 0.243 e. The second kappa shape index (κ2) is 8.47. The lowest BCUT2D eigenvalue weighted by atomic mass is 10.0. The minimum atomic E-state index is -3.46. The molecule has 0 spiro atoms. The fourth-order valence-electron chi connectivity index (χ4n) is 4.18. The second-order valence-corrected chi connectivity index (χ2v) is 9.87. The molecular weight excluding hydrogens is 362 g/mol. The molecule has 2 heterocycles. The van der Waals surface area contributed by atoms with Gasteiger partial charge in [-0.05, 0) is 45.2 Å². The largest absolute Gasteiger partial charge is 0.496 e. The topological polar surface area (TPSA) is 53.1 Å². The molecule has 0 aliphatic carbocycles. The van der Waals surface area contributed by atoms with Crippen molar-refractivity contribution in [2.75, 3.05) is 46.4 Å². The molecule has 2 aliphatic heterocycles. The van der Waals surface area contributed by atoms with Gasteiger partial charge in [-0.3, -0.25) is 9.80 Å². The van der Waals surface area contributed by atoms with E-state index in [1.165, 1.54) is 0 Å². The molecule has 0 saturated carbocycles. The van der Waals surface area contributed by atoms with Gasteiger partial charge in [-0.2, -0.15) is 4.31 Å². The highest BCUT2D eigenvalue weighted by Gasteiger charge is 2.33. The molecule has 3 rings (SSSR count). The van der Waals surface area contributed by atoms with Crippen LogP contribution in [0.3, 0.4) is 0 Å². The van der Waals surface area contributed by atoms with Gasteiger partial charge in [0.2, 0.25) is 10.0 Å². The van der Waals surface area contributed by atoms with E-state index in [1.54, 1.807) is 23.5 Å². The molecule has 0 radical (unpaired) electrons. The van der Waals surface area contributed by atoms with Gasteiger partial charge < -0.3 is 4.74 Å². The van der Waals surface area contributed by atoms with Crippen LogP contribution in [0.5, 0.6) is 5.75 Å². The average Bonchev–Trinajstić information content (AvgIpc) is 2.68. The first kappa shape index (κ1) is 20.6. The number of sulfonamides is 1. The third-order valence-electron chi connectivity index (χ3n) is 6.04. The van der Waals surface area contributed by atoms with E-state index in [2.05, 4.69) is 23.6 Å². The third kappa shape index (κ3) is 4.47. The predicted octanol–water partition coefficient (Wildman–Crippen LogP) is 2.18. The van der Waals surface area contributed by atoms with E-state index in [-0.39, 0.29) is 0 Å². The average molecular weight is 396 g/mol. The van der Waals surface area contributed by atoms with Gasteiger partial charge in [-0.15, -0.1) is 0 Å². The van der Waals surface area contributed by atoms with Gasteiger partial charge in [0, 0.05) is 57.4 Å². The third-order valence-corrected chi connectivity index (χ3v) is 7.93. The molecule has 2 aliphatic rings. The van der Waals surface area contributed by atoms with Crippen LogP contribution in [0.2, 0.25) is 0 Å². The molecule has 2 saturated heterocycles. The van der Waals surface area contributed by atoms with Crippen LogP contribution in [0.25, 0.3) is 0 Å². The molecule has 0 bridgehead atoms. The SMILES string of the molecule is COc1cc(S(=O)(=O)N2CCC(N3CCN(C(C)C)CC3)CC2)ccc1C. The van der Waals surface area contributed by atoms with E-state index in [9.17, 15) is 8.42 Å². The summed E-state index contributed by atoms with van der Waals surface area (Å²) >= 11 is 0. The summed E-state index contributed by atoms with van der Waals surface area (Å²) in [6.07, 6.45) is 1.81. The molecule has 0 atom stereocenters. The van der Waals surface area contributed by atoms with Gasteiger partial charge in [0.1, 0.15) is 5.75 Å². The molecule has 0 amide bonds. The number of piperidine rings is 1. The standard InChI is InChI=1S/C20H33N3O3S/c1-16(2)21-11-13-22(14-12-21)18-7-9-23(10-8-18)27(24,25)19-6-5-17(3)20(15-19)26-4/h5-6,15-16,18H,7-14H2,1-4H3. The number of nitrogens with zero attached hydrogens (tertiary/aromatic N) is 3. The Kier molecular flexibility index (Phi) is 6.46. The predicted molar refractivity (Wildman–Crippen MR) is 108 cm³/mol. The first-order valence-corrected chi connectivity index (χ1v) is 11.4. The van der Waals surface area contributed by atoms with E-state index in [1.807, 2.05) is 13.0 Å². The number of hydrogen-bond acceptors (Lipinski definition) is 5. The fourth-order valence-corrected chi connectivity index (χ4v) is 5.66. The zero-order valence-corrected chi connectivity index (χ0v) is 17.8. The lowest BCUT2D eigenvalue weighted by Gasteiger charge is -2.43. The number of methoxy groups -OCH3 is 1. The Morgan fingerprint density at radius 3 is 2.22 bits per heavy atom. The Labute approximate surface area is 164 Å². The van der Waals surface area contributed by atoms with Crippen molar-refractivity contribution >= 4 is 10.0 Å². The van der Waals surface area contributed by atoms with Crippen LogP contribution in [0.15, 0.2) is 23.1 Å². The highest BCUT2D eigenvalue weighted by Crippen LogP contribution is 2.27. The van der Waals surface area contributed by atoms with Crippen molar-refractivity contribution in [2.45, 2.75) is 50.6 Å². The molecule has 0 aromatic heterocycles. The highest BCUT2D eigenvalue weighted by atomic mass is 32.2. The molecule has 0 unspecified atom stereocenters. The lowest BCUT2D eigenvalue weighted by Crippen LogP contribution is -2.54. The van der Waals surface area contributed by atoms with E-state index < -0.39 is 10.0 Å². The summed E-state index contributed by atoms with van der Waals surface area (Å²) in [5.41, 5.74) is 0.940. The first-order chi connectivity index (χ1) is 12.8. The Balaban J connectivity index is 1.60. The maximum atomic E-state index is 13.0. The number of aryl methyl sites for hydroxylation is 1. The smallest absolute Gasteiger partial charge is 0.243 e. The summed E-state index contributed by atoms with van der Waals surface area (Å²) < 4.78 is 33.0. The molecule has 1 aromatic carbocycles. The van der Waals surface area contributed by atoms with E-state index in [0.29, 0.717) is 35.8 Å². The molecule has 2 fully saturated rings. The quantitative estimate of drug-likeness (QED) is 0.765. The van der Waals surface area contributed by atoms with Crippen molar-refractivity contribution in [3.05, 3.63) is 23.8 Å². The fraction of sp³-hybridized carbons (Fsp3) is 0.700. The normalized spacial score (nSPS) is 21.7. The van der Waals surface area contributed by atoms with Crippen molar-refractivity contribution in [1.82, 2.24) is 14.1 Å². The summed E-state index contributed by atoms with van der Waals surface area (Å²) in [5.74, 6) is 0.619. The van der Waals surface area contributed by atoms with Gasteiger partial charge >= 0.3 is 0 Å². The van der Waals surface area contributed by atoms with Crippen LogP contribution in [0.4, 0.5) is 0 Å². The monoisotopic (exact) mass is 395 g/mol. The van der Waals surface area contributed by atoms with Crippen molar-refractivity contribution in [2.24, 2.45) is 0 Å². The Bertz CT molecular complexity index is 735. The van der Waals surface area contributed by atoms with Crippen molar-refractivity contribution in [1.29, 1.82) is 0 Å². The van der Waals surface area contributed by atoms with Crippen LogP contribution in [-0.2, 0) is 10.0 Å². The van der Waals surface area contributed by atoms with Gasteiger partial charge in [0.15, 0.2) is 0 Å². The summed E-state index contributed by atoms with van der Waals surface area (Å²) in [4.78, 5) is 5.40. The summed E-state index contributed by atoms with van der Waals surface area (Å²) in [6.45, 7) is 12.0. The summed E-state index contributed by atoms with van der Waals surface area (Å²) in [7, 11) is -1.89. The van der Waals surface area contributed by atoms with Gasteiger partial charge in [-0.1, -0.05) is 6.07 Å². The summed E-state index contributed by atoms with van der Waals surface area (Å²) in [6, 6.07) is 6.24. The van der Waals surface area contributed by atoms with Crippen LogP contribution in [-0.4, -0.2) is 81.0 Å². The number of benzene rings is 1. The lowest BCUT2D eigenvalue weighted by molar-refractivity contribution is 0.0593. The second-order valence-electron chi connectivity index (χ2n) is 7.93. The van der Waals surface area contributed by atoms with E-state index in [4.69, 9.17) is 4.74 Å². The van der Waals surface area contributed by atoms with Crippen LogP contribution < -0.4 is 4.74 Å². The molecular formula is C20H33N3O3S. The number of rotatable bonds is 5. The minimum Gasteiger partial charge on any atom is -0.496 e. The van der Waals surface area contributed by atoms with Gasteiger partial charge in [0.05, 0.1) is 12.0 Å². The van der Waals surface area contributed by atoms with Gasteiger partial charge in [0.25, 0.3) is 0 Å². The number of ether oxygens (including phenoxy) is 1. The van der Waals surface area contributed by atoms with Crippen LogP contribution >= 0.6 is 0 Å². The highest BCUT2D eigenvalue weighted by molar-refractivity contribution is 7.89. The summed E-state index contributed by atoms with van der Waals surface area (Å²) in [5, 5.41) is 0. The van der Waals surface area contributed by atoms with Crippen LogP contribution in [0.1, 0.15) is 32.3 Å². The number of hydrogen-bond donors (Lipinski definition) is 0. The Morgan fingerprint density at radius 1 is 1.04 bits per heavy atom. The van der Waals surface area contributed by atoms with Crippen molar-refractivity contribution in [3.8, 4) is 5.75 Å². The molecule has 152 valence electrons. The van der Waals surface area contributed by atoms with E-state index in [0.717, 1.165) is 44.6 Å². The van der Waals surface area contributed by atoms with Gasteiger partial charge in [-0.25, -0.2) is 8.42 Å². The molecule has 27 heavy (non-hydrogen) atoms. The molecule has 0 N–H and O–H groups in total. The maximum absolute atomic E-state index is 13.0. The van der Waals surface area contributed by atoms with Crippen molar-refractivity contribution < 1.29 is 13.2 Å². The molecule has 6 nitrogen and oxygen atoms in total. The minimum absolute atomic E-state index is 0.328. The zero-order valence-electron chi connectivity index (χ0n) is 17.0.